The molecule has 0 radical (unpaired) electrons. The van der Waals surface area contributed by atoms with E-state index < -0.39 is 0 Å². The van der Waals surface area contributed by atoms with Gasteiger partial charge in [0.2, 0.25) is 0 Å². The Labute approximate surface area is 123 Å². The van der Waals surface area contributed by atoms with Crippen molar-refractivity contribution in [3.05, 3.63) is 33.8 Å². The summed E-state index contributed by atoms with van der Waals surface area (Å²) in [4.78, 5) is 14.5. The molecule has 19 heavy (non-hydrogen) atoms. The molecule has 0 spiro atoms. The molecule has 1 aromatic rings. The summed E-state index contributed by atoms with van der Waals surface area (Å²) in [6.07, 6.45) is 2.58. The van der Waals surface area contributed by atoms with Gasteiger partial charge in [-0.2, -0.15) is 0 Å². The lowest BCUT2D eigenvalue weighted by Gasteiger charge is -2.24. The molecule has 0 aliphatic heterocycles. The number of likely N-dealkylation sites (N-methyl/N-ethyl adjacent to an activating group) is 1. The van der Waals surface area contributed by atoms with E-state index in [2.05, 4.69) is 40.1 Å². The van der Waals surface area contributed by atoms with Gasteiger partial charge in [0.1, 0.15) is 0 Å². The number of halogens is 1. The van der Waals surface area contributed by atoms with Crippen molar-refractivity contribution >= 4 is 21.8 Å². The van der Waals surface area contributed by atoms with Gasteiger partial charge in [-0.1, -0.05) is 6.07 Å². The first-order valence-electron chi connectivity index (χ1n) is 6.75. The van der Waals surface area contributed by atoms with E-state index in [0.29, 0.717) is 18.2 Å². The molecule has 1 aromatic carbocycles. The lowest BCUT2D eigenvalue weighted by atomic mass is 10.1. The van der Waals surface area contributed by atoms with E-state index in [-0.39, 0.29) is 5.91 Å². The first-order chi connectivity index (χ1) is 8.99. The van der Waals surface area contributed by atoms with Gasteiger partial charge in [0, 0.05) is 23.1 Å². The molecule has 1 N–H and O–H groups in total. The van der Waals surface area contributed by atoms with Crippen LogP contribution in [0.4, 0.5) is 0 Å². The second-order valence-corrected chi connectivity index (χ2v) is 6.29. The Bertz CT molecular complexity index is 471. The zero-order valence-corrected chi connectivity index (χ0v) is 13.3. The van der Waals surface area contributed by atoms with Gasteiger partial charge in [0.05, 0.1) is 5.56 Å². The highest BCUT2D eigenvalue weighted by Gasteiger charge is 2.29. The molecule has 1 aliphatic carbocycles. The first kappa shape index (κ1) is 14.5. The average molecular weight is 325 g/mol. The van der Waals surface area contributed by atoms with Crippen molar-refractivity contribution in [3.8, 4) is 0 Å². The van der Waals surface area contributed by atoms with Gasteiger partial charge in [-0.15, -0.1) is 0 Å². The SMILES string of the molecule is Cc1ccc(C(=O)NCC(C)N(C)C2CC2)c(Br)c1. The van der Waals surface area contributed by atoms with E-state index >= 15 is 0 Å². The fraction of sp³-hybridized carbons (Fsp3) is 0.533. The minimum Gasteiger partial charge on any atom is -0.350 e. The molecule has 104 valence electrons. The number of nitrogens with one attached hydrogen (secondary N) is 1. The standard InChI is InChI=1S/C15H21BrN2O/c1-10-4-7-13(14(16)8-10)15(19)17-9-11(2)18(3)12-5-6-12/h4,7-8,11-12H,5-6,9H2,1-3H3,(H,17,19). The molecule has 1 saturated carbocycles. The third-order valence-corrected chi connectivity index (χ3v) is 4.40. The van der Waals surface area contributed by atoms with E-state index in [1.165, 1.54) is 12.8 Å². The summed E-state index contributed by atoms with van der Waals surface area (Å²) in [7, 11) is 2.14. The summed E-state index contributed by atoms with van der Waals surface area (Å²) in [6.45, 7) is 4.86. The molecule has 1 amide bonds. The van der Waals surface area contributed by atoms with Crippen molar-refractivity contribution < 1.29 is 4.79 Å². The molecular weight excluding hydrogens is 304 g/mol. The van der Waals surface area contributed by atoms with Crippen molar-refractivity contribution in [1.82, 2.24) is 10.2 Å². The highest BCUT2D eigenvalue weighted by molar-refractivity contribution is 9.10. The van der Waals surface area contributed by atoms with Crippen LogP contribution in [-0.4, -0.2) is 36.5 Å². The molecule has 3 nitrogen and oxygen atoms in total. The monoisotopic (exact) mass is 324 g/mol. The molecule has 1 aliphatic rings. The Kier molecular flexibility index (Phi) is 4.63. The average Bonchev–Trinajstić information content (AvgIpc) is 3.18. The number of hydrogen-bond donors (Lipinski definition) is 1. The normalized spacial score (nSPS) is 16.5. The van der Waals surface area contributed by atoms with Crippen LogP contribution in [0, 0.1) is 6.92 Å². The number of hydrogen-bond acceptors (Lipinski definition) is 2. The Balaban J connectivity index is 1.89. The van der Waals surface area contributed by atoms with Crippen molar-refractivity contribution in [3.63, 3.8) is 0 Å². The number of benzene rings is 1. The molecule has 0 aromatic heterocycles. The summed E-state index contributed by atoms with van der Waals surface area (Å²) >= 11 is 3.45. The Morgan fingerprint density at radius 1 is 1.53 bits per heavy atom. The van der Waals surface area contributed by atoms with Gasteiger partial charge in [-0.3, -0.25) is 9.69 Å². The summed E-state index contributed by atoms with van der Waals surface area (Å²) in [6, 6.07) is 6.89. The lowest BCUT2D eigenvalue weighted by Crippen LogP contribution is -2.41. The third kappa shape index (κ3) is 3.80. The van der Waals surface area contributed by atoms with Crippen LogP contribution < -0.4 is 5.32 Å². The highest BCUT2D eigenvalue weighted by Crippen LogP contribution is 2.26. The maximum atomic E-state index is 12.1. The lowest BCUT2D eigenvalue weighted by molar-refractivity contribution is 0.0938. The Hall–Kier alpha value is -0.870. The molecule has 1 unspecified atom stereocenters. The number of aryl methyl sites for hydroxylation is 1. The zero-order valence-electron chi connectivity index (χ0n) is 11.7. The van der Waals surface area contributed by atoms with Gasteiger partial charge < -0.3 is 5.32 Å². The number of nitrogens with zero attached hydrogens (tertiary/aromatic N) is 1. The van der Waals surface area contributed by atoms with Gasteiger partial charge in [0.15, 0.2) is 0 Å². The van der Waals surface area contributed by atoms with E-state index in [1.807, 2.05) is 25.1 Å². The number of rotatable bonds is 5. The Morgan fingerprint density at radius 2 is 2.21 bits per heavy atom. The van der Waals surface area contributed by atoms with Crippen LogP contribution in [0.3, 0.4) is 0 Å². The van der Waals surface area contributed by atoms with Crippen LogP contribution in [0.1, 0.15) is 35.7 Å². The smallest absolute Gasteiger partial charge is 0.252 e. The van der Waals surface area contributed by atoms with Crippen LogP contribution >= 0.6 is 15.9 Å². The third-order valence-electron chi connectivity index (χ3n) is 3.75. The number of amides is 1. The molecule has 1 fully saturated rings. The fourth-order valence-electron chi connectivity index (χ4n) is 2.13. The summed E-state index contributed by atoms with van der Waals surface area (Å²) in [5.74, 6) is -0.0112. The quantitative estimate of drug-likeness (QED) is 0.903. The highest BCUT2D eigenvalue weighted by atomic mass is 79.9. The van der Waals surface area contributed by atoms with E-state index in [4.69, 9.17) is 0 Å². The van der Waals surface area contributed by atoms with E-state index in [9.17, 15) is 4.79 Å². The van der Waals surface area contributed by atoms with Gasteiger partial charge >= 0.3 is 0 Å². The minimum absolute atomic E-state index is 0.0112. The van der Waals surface area contributed by atoms with Crippen molar-refractivity contribution in [2.24, 2.45) is 0 Å². The predicted octanol–water partition coefficient (Wildman–Crippen LogP) is 2.97. The topological polar surface area (TPSA) is 32.3 Å². The maximum Gasteiger partial charge on any atom is 0.252 e. The van der Waals surface area contributed by atoms with Crippen molar-refractivity contribution in [1.29, 1.82) is 0 Å². The second-order valence-electron chi connectivity index (χ2n) is 5.44. The second kappa shape index (κ2) is 6.06. The minimum atomic E-state index is -0.0112. The predicted molar refractivity (Wildman–Crippen MR) is 81.5 cm³/mol. The largest absolute Gasteiger partial charge is 0.350 e. The maximum absolute atomic E-state index is 12.1. The zero-order chi connectivity index (χ0) is 14.0. The molecule has 0 saturated heterocycles. The van der Waals surface area contributed by atoms with Crippen LogP contribution in [0.2, 0.25) is 0 Å². The van der Waals surface area contributed by atoms with Crippen LogP contribution in [0.15, 0.2) is 22.7 Å². The van der Waals surface area contributed by atoms with Crippen LogP contribution in [-0.2, 0) is 0 Å². The van der Waals surface area contributed by atoms with Gasteiger partial charge in [-0.25, -0.2) is 0 Å². The molecule has 4 heteroatoms. The molecule has 1 atom stereocenters. The summed E-state index contributed by atoms with van der Waals surface area (Å²) in [5, 5.41) is 3.01. The van der Waals surface area contributed by atoms with Crippen LogP contribution in [0.25, 0.3) is 0 Å². The van der Waals surface area contributed by atoms with E-state index in [1.54, 1.807) is 0 Å². The van der Waals surface area contributed by atoms with E-state index in [0.717, 1.165) is 16.1 Å². The molecular formula is C15H21BrN2O. The Morgan fingerprint density at radius 3 is 2.79 bits per heavy atom. The number of carbonyl (C=O) groups is 1. The van der Waals surface area contributed by atoms with Crippen LogP contribution in [0.5, 0.6) is 0 Å². The summed E-state index contributed by atoms with van der Waals surface area (Å²) in [5.41, 5.74) is 1.84. The van der Waals surface area contributed by atoms with Gasteiger partial charge in [0.25, 0.3) is 5.91 Å². The fourth-order valence-corrected chi connectivity index (χ4v) is 2.80. The molecule has 0 heterocycles. The molecule has 2 rings (SSSR count). The number of carbonyl (C=O) groups excluding carboxylic acids is 1. The first-order valence-corrected chi connectivity index (χ1v) is 7.54. The summed E-state index contributed by atoms with van der Waals surface area (Å²) < 4.78 is 0.855. The van der Waals surface area contributed by atoms with Crippen molar-refractivity contribution in [2.75, 3.05) is 13.6 Å². The van der Waals surface area contributed by atoms with Gasteiger partial charge in [-0.05, 0) is 67.4 Å². The molecule has 0 bridgehead atoms. The van der Waals surface area contributed by atoms with Crippen molar-refractivity contribution in [2.45, 2.75) is 38.8 Å².